The van der Waals surface area contributed by atoms with E-state index in [1.54, 1.807) is 12.1 Å². The monoisotopic (exact) mass is 216 g/mol. The second-order valence-corrected chi connectivity index (χ2v) is 3.26. The van der Waals surface area contributed by atoms with E-state index in [-0.39, 0.29) is 5.75 Å². The van der Waals surface area contributed by atoms with Crippen LogP contribution in [0.2, 0.25) is 0 Å². The summed E-state index contributed by atoms with van der Waals surface area (Å²) in [7, 11) is 0. The van der Waals surface area contributed by atoms with Gasteiger partial charge >= 0.3 is 6.61 Å². The molecule has 0 bridgehead atoms. The zero-order valence-electron chi connectivity index (χ0n) is 8.49. The molecule has 4 heteroatoms. The van der Waals surface area contributed by atoms with Gasteiger partial charge in [-0.1, -0.05) is 25.5 Å². The molecular formula is C11H14F2O2. The van der Waals surface area contributed by atoms with Gasteiger partial charge in [-0.15, -0.1) is 0 Å². The van der Waals surface area contributed by atoms with Crippen LogP contribution in [0.1, 0.15) is 31.4 Å². The Morgan fingerprint density at radius 2 is 2.13 bits per heavy atom. The van der Waals surface area contributed by atoms with Gasteiger partial charge in [-0.05, 0) is 24.1 Å². The molecule has 0 aliphatic rings. The van der Waals surface area contributed by atoms with Gasteiger partial charge in [0.25, 0.3) is 0 Å². The fourth-order valence-electron chi connectivity index (χ4n) is 1.34. The van der Waals surface area contributed by atoms with E-state index in [2.05, 4.69) is 4.74 Å². The molecule has 0 saturated heterocycles. The average molecular weight is 216 g/mol. The summed E-state index contributed by atoms with van der Waals surface area (Å²) in [6.07, 6.45) is 0.829. The molecule has 0 heterocycles. The van der Waals surface area contributed by atoms with Gasteiger partial charge in [0.15, 0.2) is 0 Å². The molecule has 84 valence electrons. The maximum absolute atomic E-state index is 11.9. The highest BCUT2D eigenvalue weighted by atomic mass is 19.3. The summed E-state index contributed by atoms with van der Waals surface area (Å²) >= 11 is 0. The molecule has 15 heavy (non-hydrogen) atoms. The van der Waals surface area contributed by atoms with E-state index in [9.17, 15) is 13.9 Å². The minimum atomic E-state index is -2.83. The number of ether oxygens (including phenoxy) is 1. The van der Waals surface area contributed by atoms with Crippen molar-refractivity contribution in [2.24, 2.45) is 0 Å². The van der Waals surface area contributed by atoms with Crippen molar-refractivity contribution < 1.29 is 18.6 Å². The Morgan fingerprint density at radius 3 is 2.73 bits per heavy atom. The van der Waals surface area contributed by atoms with E-state index in [0.717, 1.165) is 6.42 Å². The van der Waals surface area contributed by atoms with Gasteiger partial charge in [-0.25, -0.2) is 0 Å². The number of aliphatic hydroxyl groups excluding tert-OH is 1. The van der Waals surface area contributed by atoms with Crippen molar-refractivity contribution in [1.82, 2.24) is 0 Å². The standard InChI is InChI=1S/C11H14F2O2/c1-2-4-10(14)8-5-3-6-9(7-8)15-11(12)13/h3,5-7,10-11,14H,2,4H2,1H3. The first-order valence-corrected chi connectivity index (χ1v) is 4.86. The molecule has 0 radical (unpaired) electrons. The molecule has 0 saturated carbocycles. The van der Waals surface area contributed by atoms with Gasteiger partial charge in [0, 0.05) is 0 Å². The molecule has 1 rings (SSSR count). The molecule has 0 amide bonds. The second kappa shape index (κ2) is 5.66. The van der Waals surface area contributed by atoms with Crippen LogP contribution in [0.3, 0.4) is 0 Å². The molecule has 0 spiro atoms. The summed E-state index contributed by atoms with van der Waals surface area (Å²) in [5.74, 6) is 0.0812. The Bertz CT molecular complexity index is 302. The molecule has 1 aromatic carbocycles. The molecule has 0 fully saturated rings. The minimum Gasteiger partial charge on any atom is -0.435 e. The average Bonchev–Trinajstić information content (AvgIpc) is 2.17. The van der Waals surface area contributed by atoms with Crippen LogP contribution >= 0.6 is 0 Å². The molecular weight excluding hydrogens is 202 g/mol. The summed E-state index contributed by atoms with van der Waals surface area (Å²) in [5.41, 5.74) is 0.606. The van der Waals surface area contributed by atoms with Crippen LogP contribution in [0.4, 0.5) is 8.78 Å². The number of hydrogen-bond acceptors (Lipinski definition) is 2. The summed E-state index contributed by atoms with van der Waals surface area (Å²) in [5, 5.41) is 9.64. The Hall–Kier alpha value is -1.16. The van der Waals surface area contributed by atoms with Crippen LogP contribution in [0.25, 0.3) is 0 Å². The Labute approximate surface area is 87.5 Å². The van der Waals surface area contributed by atoms with E-state index < -0.39 is 12.7 Å². The molecule has 1 aromatic rings. The van der Waals surface area contributed by atoms with Gasteiger partial charge in [-0.2, -0.15) is 8.78 Å². The van der Waals surface area contributed by atoms with Crippen LogP contribution in [0, 0.1) is 0 Å². The Morgan fingerprint density at radius 1 is 1.40 bits per heavy atom. The molecule has 1 atom stereocenters. The zero-order chi connectivity index (χ0) is 11.3. The van der Waals surface area contributed by atoms with Crippen molar-refractivity contribution >= 4 is 0 Å². The third kappa shape index (κ3) is 3.83. The van der Waals surface area contributed by atoms with Crippen LogP contribution in [0.15, 0.2) is 24.3 Å². The van der Waals surface area contributed by atoms with E-state index in [1.807, 2.05) is 6.92 Å². The molecule has 1 unspecified atom stereocenters. The number of rotatable bonds is 5. The Kier molecular flexibility index (Phi) is 4.49. The molecule has 0 aromatic heterocycles. The van der Waals surface area contributed by atoms with Crippen LogP contribution in [-0.2, 0) is 0 Å². The van der Waals surface area contributed by atoms with Crippen LogP contribution in [0.5, 0.6) is 5.75 Å². The summed E-state index contributed by atoms with van der Waals surface area (Å²) in [6.45, 7) is -0.883. The number of hydrogen-bond donors (Lipinski definition) is 1. The van der Waals surface area contributed by atoms with Crippen molar-refractivity contribution in [2.75, 3.05) is 0 Å². The third-order valence-electron chi connectivity index (χ3n) is 2.03. The van der Waals surface area contributed by atoms with E-state index in [1.165, 1.54) is 12.1 Å². The second-order valence-electron chi connectivity index (χ2n) is 3.26. The first-order valence-electron chi connectivity index (χ1n) is 4.86. The first-order chi connectivity index (χ1) is 7.13. The van der Waals surface area contributed by atoms with Crippen molar-refractivity contribution in [3.8, 4) is 5.75 Å². The number of aliphatic hydroxyl groups is 1. The zero-order valence-corrected chi connectivity index (χ0v) is 8.49. The quantitative estimate of drug-likeness (QED) is 0.819. The van der Waals surface area contributed by atoms with E-state index >= 15 is 0 Å². The lowest BCUT2D eigenvalue weighted by atomic mass is 10.1. The van der Waals surface area contributed by atoms with Gasteiger partial charge in [0.2, 0.25) is 0 Å². The number of halogens is 2. The summed E-state index contributed by atoms with van der Waals surface area (Å²) in [6, 6.07) is 6.16. The molecule has 2 nitrogen and oxygen atoms in total. The highest BCUT2D eigenvalue weighted by Crippen LogP contribution is 2.23. The fourth-order valence-corrected chi connectivity index (χ4v) is 1.34. The lowest BCUT2D eigenvalue weighted by Gasteiger charge is -2.11. The summed E-state index contributed by atoms with van der Waals surface area (Å²) < 4.78 is 28.1. The Balaban J connectivity index is 2.73. The highest BCUT2D eigenvalue weighted by molar-refractivity contribution is 5.29. The van der Waals surface area contributed by atoms with Crippen LogP contribution in [-0.4, -0.2) is 11.7 Å². The SMILES string of the molecule is CCCC(O)c1cccc(OC(F)F)c1. The van der Waals surface area contributed by atoms with Gasteiger partial charge < -0.3 is 9.84 Å². The van der Waals surface area contributed by atoms with E-state index in [4.69, 9.17) is 0 Å². The van der Waals surface area contributed by atoms with Crippen molar-refractivity contribution in [3.63, 3.8) is 0 Å². The lowest BCUT2D eigenvalue weighted by Crippen LogP contribution is -2.03. The van der Waals surface area contributed by atoms with Gasteiger partial charge in [0.1, 0.15) is 5.75 Å². The van der Waals surface area contributed by atoms with Gasteiger partial charge in [0.05, 0.1) is 6.10 Å². The maximum Gasteiger partial charge on any atom is 0.387 e. The lowest BCUT2D eigenvalue weighted by molar-refractivity contribution is -0.0499. The van der Waals surface area contributed by atoms with Crippen molar-refractivity contribution in [1.29, 1.82) is 0 Å². The van der Waals surface area contributed by atoms with Crippen molar-refractivity contribution in [3.05, 3.63) is 29.8 Å². The molecule has 0 aliphatic heterocycles. The topological polar surface area (TPSA) is 29.5 Å². The third-order valence-corrected chi connectivity index (χ3v) is 2.03. The predicted octanol–water partition coefficient (Wildman–Crippen LogP) is 3.12. The molecule has 1 N–H and O–H groups in total. The number of alkyl halides is 2. The number of benzene rings is 1. The smallest absolute Gasteiger partial charge is 0.387 e. The molecule has 0 aliphatic carbocycles. The summed E-state index contributed by atoms with van der Waals surface area (Å²) in [4.78, 5) is 0. The predicted molar refractivity (Wildman–Crippen MR) is 52.9 cm³/mol. The van der Waals surface area contributed by atoms with Gasteiger partial charge in [-0.3, -0.25) is 0 Å². The highest BCUT2D eigenvalue weighted by Gasteiger charge is 2.09. The van der Waals surface area contributed by atoms with Crippen molar-refractivity contribution in [2.45, 2.75) is 32.5 Å². The largest absolute Gasteiger partial charge is 0.435 e. The van der Waals surface area contributed by atoms with E-state index in [0.29, 0.717) is 12.0 Å². The maximum atomic E-state index is 11.9. The fraction of sp³-hybridized carbons (Fsp3) is 0.455. The normalized spacial score (nSPS) is 12.9. The first kappa shape index (κ1) is 11.9. The minimum absolute atomic E-state index is 0.0812. The van der Waals surface area contributed by atoms with Crippen LogP contribution < -0.4 is 4.74 Å².